The highest BCUT2D eigenvalue weighted by molar-refractivity contribution is 6.31. The Morgan fingerprint density at radius 2 is 1.80 bits per heavy atom. The van der Waals surface area contributed by atoms with Crippen LogP contribution in [-0.4, -0.2) is 32.1 Å². The van der Waals surface area contributed by atoms with Gasteiger partial charge in [0.05, 0.1) is 12.1 Å². The quantitative estimate of drug-likeness (QED) is 0.654. The molecule has 4 rings (SSSR count). The zero-order valence-corrected chi connectivity index (χ0v) is 16.8. The topological polar surface area (TPSA) is 95.4 Å². The van der Waals surface area contributed by atoms with Gasteiger partial charge in [0.2, 0.25) is 0 Å². The highest BCUT2D eigenvalue weighted by atomic mass is 35.5. The third-order valence-electron chi connectivity index (χ3n) is 5.36. The molecule has 0 bridgehead atoms. The minimum absolute atomic E-state index is 0.113. The molecular weight excluding hydrogens is 406 g/mol. The van der Waals surface area contributed by atoms with Gasteiger partial charge in [-0.05, 0) is 17.2 Å². The van der Waals surface area contributed by atoms with Gasteiger partial charge in [-0.15, -0.1) is 0 Å². The normalized spacial score (nSPS) is 14.8. The molecule has 30 heavy (non-hydrogen) atoms. The SMILES string of the molecule is O=C(O)C(c1ccccc1Cl)N1CCc2[nH]c(=O)n(Cc3ccccc3)c(=O)c2C1. The summed E-state index contributed by atoms with van der Waals surface area (Å²) in [6, 6.07) is 15.0. The second-order valence-corrected chi connectivity index (χ2v) is 7.65. The molecule has 2 N–H and O–H groups in total. The maximum absolute atomic E-state index is 13.1. The minimum Gasteiger partial charge on any atom is -0.480 e. The molecule has 0 saturated heterocycles. The van der Waals surface area contributed by atoms with E-state index in [0.29, 0.717) is 34.8 Å². The van der Waals surface area contributed by atoms with Gasteiger partial charge in [0.25, 0.3) is 5.56 Å². The van der Waals surface area contributed by atoms with Crippen molar-refractivity contribution in [2.75, 3.05) is 6.54 Å². The van der Waals surface area contributed by atoms with Gasteiger partial charge in [-0.2, -0.15) is 0 Å². The lowest BCUT2D eigenvalue weighted by Crippen LogP contribution is -2.46. The van der Waals surface area contributed by atoms with Crippen LogP contribution in [0.25, 0.3) is 0 Å². The number of rotatable bonds is 5. The van der Waals surface area contributed by atoms with Crippen molar-refractivity contribution >= 4 is 17.6 Å². The van der Waals surface area contributed by atoms with Crippen LogP contribution in [-0.2, 0) is 24.3 Å². The number of carbonyl (C=O) groups is 1. The van der Waals surface area contributed by atoms with Gasteiger partial charge in [-0.1, -0.05) is 60.1 Å². The van der Waals surface area contributed by atoms with E-state index in [1.54, 1.807) is 29.2 Å². The Balaban J connectivity index is 1.71. The lowest BCUT2D eigenvalue weighted by atomic mass is 10.00. The van der Waals surface area contributed by atoms with Crippen LogP contribution in [0.2, 0.25) is 5.02 Å². The predicted octanol–water partition coefficient (Wildman–Crippen LogP) is 2.42. The van der Waals surface area contributed by atoms with Gasteiger partial charge < -0.3 is 10.1 Å². The summed E-state index contributed by atoms with van der Waals surface area (Å²) in [4.78, 5) is 42.2. The Hall–Kier alpha value is -3.16. The van der Waals surface area contributed by atoms with Gasteiger partial charge in [0.1, 0.15) is 6.04 Å². The summed E-state index contributed by atoms with van der Waals surface area (Å²) in [6.07, 6.45) is 0.375. The fourth-order valence-corrected chi connectivity index (χ4v) is 4.12. The summed E-state index contributed by atoms with van der Waals surface area (Å²) < 4.78 is 1.16. The molecule has 0 fully saturated rings. The van der Waals surface area contributed by atoms with Crippen molar-refractivity contribution in [3.05, 3.63) is 103 Å². The Morgan fingerprint density at radius 3 is 2.50 bits per heavy atom. The Morgan fingerprint density at radius 1 is 1.10 bits per heavy atom. The van der Waals surface area contributed by atoms with Crippen LogP contribution in [0.15, 0.2) is 64.2 Å². The van der Waals surface area contributed by atoms with E-state index in [1.807, 2.05) is 30.3 Å². The second kappa shape index (κ2) is 8.30. The standard InChI is InChI=1S/C22H20ClN3O4/c23-17-9-5-4-8-15(17)19(21(28)29)25-11-10-18-16(13-25)20(27)26(22(30)24-18)12-14-6-2-1-3-7-14/h1-9,19H,10-13H2,(H,24,30)(H,28,29). The first-order chi connectivity index (χ1) is 14.5. The third-order valence-corrected chi connectivity index (χ3v) is 5.71. The van der Waals surface area contributed by atoms with Crippen molar-refractivity contribution in [1.82, 2.24) is 14.5 Å². The fourth-order valence-electron chi connectivity index (χ4n) is 3.88. The van der Waals surface area contributed by atoms with Gasteiger partial charge in [0, 0.05) is 30.2 Å². The van der Waals surface area contributed by atoms with Crippen LogP contribution < -0.4 is 11.2 Å². The van der Waals surface area contributed by atoms with E-state index < -0.39 is 23.3 Å². The summed E-state index contributed by atoms with van der Waals surface area (Å²) in [5.41, 5.74) is 1.42. The van der Waals surface area contributed by atoms with Crippen LogP contribution in [0.3, 0.4) is 0 Å². The van der Waals surface area contributed by atoms with Crippen LogP contribution in [0.4, 0.5) is 0 Å². The first-order valence-electron chi connectivity index (χ1n) is 9.56. The number of H-pyrrole nitrogens is 1. The smallest absolute Gasteiger partial charge is 0.328 e. The average Bonchev–Trinajstić information content (AvgIpc) is 2.73. The zero-order valence-electron chi connectivity index (χ0n) is 16.0. The predicted molar refractivity (Wildman–Crippen MR) is 113 cm³/mol. The molecule has 1 unspecified atom stereocenters. The zero-order chi connectivity index (χ0) is 21.3. The number of halogens is 1. The van der Waals surface area contributed by atoms with E-state index in [0.717, 1.165) is 10.1 Å². The first kappa shape index (κ1) is 20.1. The Kier molecular flexibility index (Phi) is 5.57. The Labute approximate surface area is 177 Å². The highest BCUT2D eigenvalue weighted by Crippen LogP contribution is 2.30. The number of nitrogens with one attached hydrogen (secondary N) is 1. The molecule has 2 aromatic carbocycles. The van der Waals surface area contributed by atoms with Crippen LogP contribution in [0, 0.1) is 0 Å². The molecule has 1 atom stereocenters. The van der Waals surface area contributed by atoms with Crippen molar-refractivity contribution in [2.24, 2.45) is 0 Å². The largest absolute Gasteiger partial charge is 0.480 e. The van der Waals surface area contributed by atoms with Crippen molar-refractivity contribution < 1.29 is 9.90 Å². The number of carboxylic acids is 1. The average molecular weight is 426 g/mol. The number of hydrogen-bond acceptors (Lipinski definition) is 4. The molecule has 3 aromatic rings. The number of hydrogen-bond donors (Lipinski definition) is 2. The molecule has 2 heterocycles. The summed E-state index contributed by atoms with van der Waals surface area (Å²) in [6.45, 7) is 0.643. The van der Waals surface area contributed by atoms with E-state index in [2.05, 4.69) is 4.98 Å². The van der Waals surface area contributed by atoms with E-state index >= 15 is 0 Å². The first-order valence-corrected chi connectivity index (χ1v) is 9.93. The molecule has 0 radical (unpaired) electrons. The van der Waals surface area contributed by atoms with Crippen LogP contribution in [0.1, 0.15) is 28.4 Å². The molecule has 7 nitrogen and oxygen atoms in total. The van der Waals surface area contributed by atoms with Crippen molar-refractivity contribution in [3.8, 4) is 0 Å². The van der Waals surface area contributed by atoms with Gasteiger partial charge >= 0.3 is 11.7 Å². The Bertz CT molecular complexity index is 1200. The summed E-state index contributed by atoms with van der Waals surface area (Å²) in [5.74, 6) is -1.04. The monoisotopic (exact) mass is 425 g/mol. The van der Waals surface area contributed by atoms with E-state index in [4.69, 9.17) is 11.6 Å². The van der Waals surface area contributed by atoms with Crippen molar-refractivity contribution in [3.63, 3.8) is 0 Å². The fraction of sp³-hybridized carbons (Fsp3) is 0.227. The van der Waals surface area contributed by atoms with Crippen LogP contribution >= 0.6 is 11.6 Å². The number of aromatic nitrogens is 2. The molecular formula is C22H20ClN3O4. The van der Waals surface area contributed by atoms with Gasteiger partial charge in [-0.25, -0.2) is 4.79 Å². The number of carboxylic acid groups (broad SMARTS) is 1. The number of nitrogens with zero attached hydrogens (tertiary/aromatic N) is 2. The number of benzene rings is 2. The van der Waals surface area contributed by atoms with E-state index in [-0.39, 0.29) is 13.1 Å². The summed E-state index contributed by atoms with van der Waals surface area (Å²) in [7, 11) is 0. The number of aromatic amines is 1. The highest BCUT2D eigenvalue weighted by Gasteiger charge is 2.33. The maximum Gasteiger partial charge on any atom is 0.328 e. The van der Waals surface area contributed by atoms with Crippen LogP contribution in [0.5, 0.6) is 0 Å². The van der Waals surface area contributed by atoms with Crippen molar-refractivity contribution in [2.45, 2.75) is 25.6 Å². The molecule has 154 valence electrons. The third kappa shape index (κ3) is 3.81. The summed E-state index contributed by atoms with van der Waals surface area (Å²) >= 11 is 6.25. The number of fused-ring (bicyclic) bond motifs is 1. The summed E-state index contributed by atoms with van der Waals surface area (Å²) in [5, 5.41) is 10.2. The molecule has 0 saturated carbocycles. The lowest BCUT2D eigenvalue weighted by molar-refractivity contribution is -0.144. The van der Waals surface area contributed by atoms with E-state index in [1.165, 1.54) is 0 Å². The molecule has 0 aliphatic carbocycles. The minimum atomic E-state index is -1.04. The molecule has 0 amide bonds. The van der Waals surface area contributed by atoms with Gasteiger partial charge in [-0.3, -0.25) is 19.1 Å². The lowest BCUT2D eigenvalue weighted by Gasteiger charge is -2.33. The molecule has 1 aliphatic rings. The molecule has 1 aromatic heterocycles. The molecule has 1 aliphatic heterocycles. The molecule has 0 spiro atoms. The number of aliphatic carboxylic acids is 1. The van der Waals surface area contributed by atoms with Gasteiger partial charge in [0.15, 0.2) is 0 Å². The second-order valence-electron chi connectivity index (χ2n) is 7.25. The van der Waals surface area contributed by atoms with E-state index in [9.17, 15) is 19.5 Å². The maximum atomic E-state index is 13.1. The van der Waals surface area contributed by atoms with Crippen molar-refractivity contribution in [1.29, 1.82) is 0 Å². The molecule has 8 heteroatoms.